The number of nitrogens with two attached hydrogens (primary N) is 2. The van der Waals surface area contributed by atoms with Crippen molar-refractivity contribution in [1.82, 2.24) is 0 Å². The van der Waals surface area contributed by atoms with E-state index in [4.69, 9.17) is 23.1 Å². The molecule has 4 nitrogen and oxygen atoms in total. The molecule has 1 aliphatic rings. The van der Waals surface area contributed by atoms with Gasteiger partial charge in [0.05, 0.1) is 5.56 Å². The Labute approximate surface area is 92.8 Å². The minimum atomic E-state index is -0.465. The third-order valence-electron chi connectivity index (χ3n) is 2.47. The molecule has 0 radical (unpaired) electrons. The molecular weight excluding hydrogens is 214 g/mol. The average molecular weight is 226 g/mol. The highest BCUT2D eigenvalue weighted by Gasteiger charge is 2.26. The molecule has 0 unspecified atom stereocenters. The molecule has 4 N–H and O–H groups in total. The molecule has 0 bridgehead atoms. The fraction of sp³-hybridized carbons (Fsp3) is 0.300. The van der Waals surface area contributed by atoms with Gasteiger partial charge in [-0.15, -0.1) is 0 Å². The molecule has 0 atom stereocenters. The van der Waals surface area contributed by atoms with Crippen LogP contribution >= 0.6 is 11.6 Å². The maximum Gasteiger partial charge on any atom is 0.250 e. The first-order valence-electron chi connectivity index (χ1n) is 4.68. The minimum absolute atomic E-state index is 0.182. The van der Waals surface area contributed by atoms with Crippen LogP contribution in [0.25, 0.3) is 0 Å². The summed E-state index contributed by atoms with van der Waals surface area (Å²) in [4.78, 5) is 13.2. The standard InChI is InChI=1S/C10H12ClN3O/c11-6-1-2-9(8(3-6)10(13)15)14-4-7(12)5-14/h1-3,7H,4-5,12H2,(H2,13,15). The van der Waals surface area contributed by atoms with Crippen LogP contribution in [-0.4, -0.2) is 25.0 Å². The molecular formula is C10H12ClN3O. The van der Waals surface area contributed by atoms with Gasteiger partial charge in [0.15, 0.2) is 0 Å². The predicted octanol–water partition coefficient (Wildman–Crippen LogP) is 0.586. The Morgan fingerprint density at radius 1 is 1.47 bits per heavy atom. The van der Waals surface area contributed by atoms with Crippen molar-refractivity contribution in [3.8, 4) is 0 Å². The smallest absolute Gasteiger partial charge is 0.250 e. The van der Waals surface area contributed by atoms with Gasteiger partial charge in [0.2, 0.25) is 0 Å². The summed E-state index contributed by atoms with van der Waals surface area (Å²) < 4.78 is 0. The first-order valence-corrected chi connectivity index (χ1v) is 5.05. The molecule has 1 aliphatic heterocycles. The summed E-state index contributed by atoms with van der Waals surface area (Å²) in [5.74, 6) is -0.465. The summed E-state index contributed by atoms with van der Waals surface area (Å²) >= 11 is 5.80. The lowest BCUT2D eigenvalue weighted by atomic mass is 10.1. The van der Waals surface area contributed by atoms with Crippen molar-refractivity contribution >= 4 is 23.2 Å². The van der Waals surface area contributed by atoms with E-state index in [1.807, 2.05) is 4.90 Å². The third kappa shape index (κ3) is 1.91. The van der Waals surface area contributed by atoms with Gasteiger partial charge in [-0.05, 0) is 18.2 Å². The molecule has 15 heavy (non-hydrogen) atoms. The molecule has 1 heterocycles. The fourth-order valence-corrected chi connectivity index (χ4v) is 1.86. The Balaban J connectivity index is 2.34. The highest BCUT2D eigenvalue weighted by atomic mass is 35.5. The number of carbonyl (C=O) groups is 1. The van der Waals surface area contributed by atoms with Crippen molar-refractivity contribution in [3.63, 3.8) is 0 Å². The number of carbonyl (C=O) groups excluding carboxylic acids is 1. The van der Waals surface area contributed by atoms with Crippen LogP contribution in [0.1, 0.15) is 10.4 Å². The summed E-state index contributed by atoms with van der Waals surface area (Å²) in [7, 11) is 0. The summed E-state index contributed by atoms with van der Waals surface area (Å²) in [5, 5.41) is 0.511. The third-order valence-corrected chi connectivity index (χ3v) is 2.71. The van der Waals surface area contributed by atoms with Gasteiger partial charge in [-0.3, -0.25) is 4.79 Å². The SMILES string of the molecule is NC(=O)c1cc(Cl)ccc1N1CC(N)C1. The van der Waals surface area contributed by atoms with E-state index in [0.717, 1.165) is 18.8 Å². The lowest BCUT2D eigenvalue weighted by Gasteiger charge is -2.39. The molecule has 1 fully saturated rings. The van der Waals surface area contributed by atoms with Crippen molar-refractivity contribution in [1.29, 1.82) is 0 Å². The molecule has 0 aromatic heterocycles. The Bertz CT molecular complexity index is 402. The number of anilines is 1. The van der Waals surface area contributed by atoms with Gasteiger partial charge < -0.3 is 16.4 Å². The minimum Gasteiger partial charge on any atom is -0.368 e. The van der Waals surface area contributed by atoms with Crippen LogP contribution in [0.5, 0.6) is 0 Å². The van der Waals surface area contributed by atoms with E-state index in [0.29, 0.717) is 10.6 Å². The quantitative estimate of drug-likeness (QED) is 0.774. The number of halogens is 1. The summed E-state index contributed by atoms with van der Waals surface area (Å²) in [5.41, 5.74) is 12.2. The monoisotopic (exact) mass is 225 g/mol. The molecule has 2 rings (SSSR count). The second-order valence-electron chi connectivity index (χ2n) is 3.69. The molecule has 1 amide bonds. The zero-order chi connectivity index (χ0) is 11.0. The number of hydrogen-bond acceptors (Lipinski definition) is 3. The number of hydrogen-bond donors (Lipinski definition) is 2. The predicted molar refractivity (Wildman–Crippen MR) is 60.2 cm³/mol. The van der Waals surface area contributed by atoms with Crippen LogP contribution in [0.4, 0.5) is 5.69 Å². The van der Waals surface area contributed by atoms with Gasteiger partial charge >= 0.3 is 0 Å². The fourth-order valence-electron chi connectivity index (χ4n) is 1.69. The number of nitrogens with zero attached hydrogens (tertiary/aromatic N) is 1. The number of benzene rings is 1. The van der Waals surface area contributed by atoms with Crippen LogP contribution in [-0.2, 0) is 0 Å². The molecule has 0 spiro atoms. The van der Waals surface area contributed by atoms with E-state index in [-0.39, 0.29) is 6.04 Å². The van der Waals surface area contributed by atoms with Gasteiger partial charge in [0.1, 0.15) is 0 Å². The van der Waals surface area contributed by atoms with Crippen LogP contribution < -0.4 is 16.4 Å². The van der Waals surface area contributed by atoms with Crippen LogP contribution in [0.15, 0.2) is 18.2 Å². The second kappa shape index (κ2) is 3.72. The molecule has 5 heteroatoms. The highest BCUT2D eigenvalue weighted by Crippen LogP contribution is 2.27. The zero-order valence-corrected chi connectivity index (χ0v) is 8.87. The van der Waals surface area contributed by atoms with Crippen LogP contribution in [0, 0.1) is 0 Å². The zero-order valence-electron chi connectivity index (χ0n) is 8.11. The molecule has 80 valence electrons. The maximum absolute atomic E-state index is 11.2. The van der Waals surface area contributed by atoms with Gasteiger partial charge in [0, 0.05) is 29.8 Å². The number of rotatable bonds is 2. The van der Waals surface area contributed by atoms with E-state index in [9.17, 15) is 4.79 Å². The van der Waals surface area contributed by atoms with Crippen molar-refractivity contribution in [2.45, 2.75) is 6.04 Å². The van der Waals surface area contributed by atoms with E-state index in [2.05, 4.69) is 0 Å². The number of primary amides is 1. The lowest BCUT2D eigenvalue weighted by molar-refractivity contribution is 0.100. The van der Waals surface area contributed by atoms with Gasteiger partial charge in [-0.1, -0.05) is 11.6 Å². The molecule has 1 aromatic carbocycles. The Kier molecular flexibility index (Phi) is 2.54. The molecule has 0 aliphatic carbocycles. The highest BCUT2D eigenvalue weighted by molar-refractivity contribution is 6.31. The topological polar surface area (TPSA) is 72.4 Å². The summed E-state index contributed by atoms with van der Waals surface area (Å²) in [6.07, 6.45) is 0. The number of amides is 1. The van der Waals surface area contributed by atoms with Crippen LogP contribution in [0.2, 0.25) is 5.02 Å². The van der Waals surface area contributed by atoms with Crippen molar-refractivity contribution in [2.24, 2.45) is 11.5 Å². The van der Waals surface area contributed by atoms with Gasteiger partial charge in [-0.25, -0.2) is 0 Å². The summed E-state index contributed by atoms with van der Waals surface area (Å²) in [6.45, 7) is 1.50. The molecule has 0 saturated carbocycles. The molecule has 1 saturated heterocycles. The van der Waals surface area contributed by atoms with Crippen molar-refractivity contribution in [3.05, 3.63) is 28.8 Å². The lowest BCUT2D eigenvalue weighted by Crippen LogP contribution is -2.56. The van der Waals surface area contributed by atoms with E-state index < -0.39 is 5.91 Å². The van der Waals surface area contributed by atoms with E-state index in [1.54, 1.807) is 18.2 Å². The Hall–Kier alpha value is -1.26. The van der Waals surface area contributed by atoms with Gasteiger partial charge in [-0.2, -0.15) is 0 Å². The van der Waals surface area contributed by atoms with Crippen molar-refractivity contribution in [2.75, 3.05) is 18.0 Å². The first-order chi connectivity index (χ1) is 7.08. The Morgan fingerprint density at radius 3 is 2.67 bits per heavy atom. The van der Waals surface area contributed by atoms with Crippen LogP contribution in [0.3, 0.4) is 0 Å². The average Bonchev–Trinajstić information content (AvgIpc) is 2.13. The Morgan fingerprint density at radius 2 is 2.13 bits per heavy atom. The normalized spacial score (nSPS) is 16.3. The summed E-state index contributed by atoms with van der Waals surface area (Å²) in [6, 6.07) is 5.31. The van der Waals surface area contributed by atoms with Gasteiger partial charge in [0.25, 0.3) is 5.91 Å². The largest absolute Gasteiger partial charge is 0.368 e. The van der Waals surface area contributed by atoms with Crippen molar-refractivity contribution < 1.29 is 4.79 Å². The van der Waals surface area contributed by atoms with E-state index in [1.165, 1.54) is 0 Å². The first kappa shape index (κ1) is 10.3. The second-order valence-corrected chi connectivity index (χ2v) is 4.13. The maximum atomic E-state index is 11.2. The van der Waals surface area contributed by atoms with E-state index >= 15 is 0 Å². The molecule has 1 aromatic rings.